The molecule has 0 aliphatic carbocycles. The molecule has 0 aliphatic rings. The van der Waals surface area contributed by atoms with Gasteiger partial charge in [-0.3, -0.25) is 4.90 Å². The van der Waals surface area contributed by atoms with E-state index < -0.39 is 6.10 Å². The highest BCUT2D eigenvalue weighted by Gasteiger charge is 2.19. The summed E-state index contributed by atoms with van der Waals surface area (Å²) >= 11 is 0. The lowest BCUT2D eigenvalue weighted by atomic mass is 10.1. The topological polar surface area (TPSA) is 41.9 Å². The van der Waals surface area contributed by atoms with E-state index in [0.29, 0.717) is 18.3 Å². The normalized spacial score (nSPS) is 12.8. The lowest BCUT2D eigenvalue weighted by Crippen LogP contribution is -2.35. The SMILES string of the molecule is CCCN(CC(O)c1cc(OC)ccc1OC)C(C)C. The first-order valence-electron chi connectivity index (χ1n) is 7.17. The highest BCUT2D eigenvalue weighted by Crippen LogP contribution is 2.30. The Morgan fingerprint density at radius 1 is 1.20 bits per heavy atom. The highest BCUT2D eigenvalue weighted by molar-refractivity contribution is 5.41. The fourth-order valence-corrected chi connectivity index (χ4v) is 2.27. The average Bonchev–Trinajstić information content (AvgIpc) is 2.45. The number of methoxy groups -OCH3 is 2. The zero-order chi connectivity index (χ0) is 15.1. The van der Waals surface area contributed by atoms with Gasteiger partial charge in [-0.15, -0.1) is 0 Å². The Labute approximate surface area is 122 Å². The van der Waals surface area contributed by atoms with Crippen LogP contribution in [-0.4, -0.2) is 43.4 Å². The molecule has 0 aromatic heterocycles. The summed E-state index contributed by atoms with van der Waals surface area (Å²) in [5, 5.41) is 10.5. The second kappa shape index (κ2) is 8.12. The van der Waals surface area contributed by atoms with Crippen LogP contribution in [0.1, 0.15) is 38.9 Å². The third-order valence-electron chi connectivity index (χ3n) is 3.44. The van der Waals surface area contributed by atoms with E-state index in [4.69, 9.17) is 9.47 Å². The number of benzene rings is 1. The summed E-state index contributed by atoms with van der Waals surface area (Å²) in [5.41, 5.74) is 0.772. The van der Waals surface area contributed by atoms with Crippen LogP contribution in [0.5, 0.6) is 11.5 Å². The first kappa shape index (κ1) is 16.8. The van der Waals surface area contributed by atoms with E-state index in [1.54, 1.807) is 14.2 Å². The molecule has 1 aromatic carbocycles. The maximum Gasteiger partial charge on any atom is 0.124 e. The summed E-state index contributed by atoms with van der Waals surface area (Å²) in [7, 11) is 3.24. The molecule has 0 saturated heterocycles. The molecule has 1 atom stereocenters. The maximum atomic E-state index is 10.5. The molecule has 0 fully saturated rings. The van der Waals surface area contributed by atoms with Gasteiger partial charge in [0.15, 0.2) is 0 Å². The van der Waals surface area contributed by atoms with Gasteiger partial charge in [0.2, 0.25) is 0 Å². The van der Waals surface area contributed by atoms with E-state index in [-0.39, 0.29) is 0 Å². The first-order valence-corrected chi connectivity index (χ1v) is 7.17. The third-order valence-corrected chi connectivity index (χ3v) is 3.44. The van der Waals surface area contributed by atoms with Gasteiger partial charge in [-0.2, -0.15) is 0 Å². The summed E-state index contributed by atoms with van der Waals surface area (Å²) < 4.78 is 10.6. The molecular formula is C16H27NO3. The highest BCUT2D eigenvalue weighted by atomic mass is 16.5. The molecule has 1 aromatic rings. The van der Waals surface area contributed by atoms with Gasteiger partial charge in [0, 0.05) is 18.2 Å². The molecule has 0 saturated carbocycles. The fraction of sp³-hybridized carbons (Fsp3) is 0.625. The Morgan fingerprint density at radius 3 is 2.40 bits per heavy atom. The van der Waals surface area contributed by atoms with E-state index in [9.17, 15) is 5.11 Å². The summed E-state index contributed by atoms with van der Waals surface area (Å²) in [5.74, 6) is 1.42. The van der Waals surface area contributed by atoms with Gasteiger partial charge < -0.3 is 14.6 Å². The minimum absolute atomic E-state index is 0.404. The van der Waals surface area contributed by atoms with Crippen LogP contribution in [0.3, 0.4) is 0 Å². The van der Waals surface area contributed by atoms with Crippen LogP contribution < -0.4 is 9.47 Å². The number of hydrogen-bond acceptors (Lipinski definition) is 4. The van der Waals surface area contributed by atoms with Crippen molar-refractivity contribution in [2.75, 3.05) is 27.3 Å². The zero-order valence-corrected chi connectivity index (χ0v) is 13.2. The lowest BCUT2D eigenvalue weighted by Gasteiger charge is -2.29. The summed E-state index contributed by atoms with van der Waals surface area (Å²) in [6, 6.07) is 5.91. The van der Waals surface area contributed by atoms with Crippen LogP contribution in [-0.2, 0) is 0 Å². The number of rotatable bonds is 8. The first-order chi connectivity index (χ1) is 9.53. The number of nitrogens with zero attached hydrogens (tertiary/aromatic N) is 1. The molecule has 0 radical (unpaired) electrons. The van der Waals surface area contributed by atoms with Crippen molar-refractivity contribution >= 4 is 0 Å². The molecule has 0 aliphatic heterocycles. The van der Waals surface area contributed by atoms with Crippen molar-refractivity contribution in [1.82, 2.24) is 4.90 Å². The van der Waals surface area contributed by atoms with Crippen molar-refractivity contribution in [3.63, 3.8) is 0 Å². The molecule has 1 rings (SSSR count). The average molecular weight is 281 g/mol. The summed E-state index contributed by atoms with van der Waals surface area (Å²) in [6.07, 6.45) is 0.481. The smallest absolute Gasteiger partial charge is 0.124 e. The van der Waals surface area contributed by atoms with Gasteiger partial charge in [0.25, 0.3) is 0 Å². The number of aliphatic hydroxyl groups is 1. The molecule has 0 heterocycles. The predicted octanol–water partition coefficient (Wildman–Crippen LogP) is 2.86. The van der Waals surface area contributed by atoms with E-state index >= 15 is 0 Å². The fourth-order valence-electron chi connectivity index (χ4n) is 2.27. The van der Waals surface area contributed by atoms with Crippen molar-refractivity contribution in [2.45, 2.75) is 39.3 Å². The molecule has 1 unspecified atom stereocenters. The van der Waals surface area contributed by atoms with Crippen molar-refractivity contribution in [3.05, 3.63) is 23.8 Å². The second-order valence-electron chi connectivity index (χ2n) is 5.21. The van der Waals surface area contributed by atoms with Gasteiger partial charge in [-0.1, -0.05) is 6.92 Å². The summed E-state index contributed by atoms with van der Waals surface area (Å²) in [6.45, 7) is 8.00. The Morgan fingerprint density at radius 2 is 1.90 bits per heavy atom. The lowest BCUT2D eigenvalue weighted by molar-refractivity contribution is 0.0934. The van der Waals surface area contributed by atoms with Gasteiger partial charge >= 0.3 is 0 Å². The van der Waals surface area contributed by atoms with E-state index in [0.717, 1.165) is 24.3 Å². The van der Waals surface area contributed by atoms with Gasteiger partial charge in [-0.25, -0.2) is 0 Å². The largest absolute Gasteiger partial charge is 0.497 e. The Hall–Kier alpha value is -1.26. The molecule has 20 heavy (non-hydrogen) atoms. The van der Waals surface area contributed by atoms with Crippen molar-refractivity contribution in [1.29, 1.82) is 0 Å². The van der Waals surface area contributed by atoms with E-state index in [1.807, 2.05) is 18.2 Å². The second-order valence-corrected chi connectivity index (χ2v) is 5.21. The number of hydrogen-bond donors (Lipinski definition) is 1. The van der Waals surface area contributed by atoms with Crippen LogP contribution in [0.4, 0.5) is 0 Å². The van der Waals surface area contributed by atoms with E-state index in [1.165, 1.54) is 0 Å². The number of aliphatic hydroxyl groups excluding tert-OH is 1. The van der Waals surface area contributed by atoms with Crippen molar-refractivity contribution in [2.24, 2.45) is 0 Å². The monoisotopic (exact) mass is 281 g/mol. The maximum absolute atomic E-state index is 10.5. The zero-order valence-electron chi connectivity index (χ0n) is 13.2. The molecule has 114 valence electrons. The summed E-state index contributed by atoms with van der Waals surface area (Å²) in [4.78, 5) is 2.27. The molecule has 1 N–H and O–H groups in total. The Kier molecular flexibility index (Phi) is 6.82. The Bertz CT molecular complexity index is 407. The van der Waals surface area contributed by atoms with E-state index in [2.05, 4.69) is 25.7 Å². The van der Waals surface area contributed by atoms with Crippen molar-refractivity contribution in [3.8, 4) is 11.5 Å². The molecule has 0 amide bonds. The molecule has 4 nitrogen and oxygen atoms in total. The van der Waals surface area contributed by atoms with Crippen LogP contribution in [0.15, 0.2) is 18.2 Å². The van der Waals surface area contributed by atoms with Crippen LogP contribution in [0.2, 0.25) is 0 Å². The minimum atomic E-state index is -0.589. The molecular weight excluding hydrogens is 254 g/mol. The van der Waals surface area contributed by atoms with Crippen LogP contribution >= 0.6 is 0 Å². The third kappa shape index (κ3) is 4.39. The Balaban J connectivity index is 2.91. The predicted molar refractivity (Wildman–Crippen MR) is 81.5 cm³/mol. The standard InChI is InChI=1S/C16H27NO3/c1-6-9-17(12(2)3)11-15(18)14-10-13(19-4)7-8-16(14)20-5/h7-8,10,12,15,18H,6,9,11H2,1-5H3. The minimum Gasteiger partial charge on any atom is -0.497 e. The van der Waals surface area contributed by atoms with Gasteiger partial charge in [0.05, 0.1) is 20.3 Å². The van der Waals surface area contributed by atoms with Gasteiger partial charge in [0.1, 0.15) is 11.5 Å². The molecule has 4 heteroatoms. The van der Waals surface area contributed by atoms with Gasteiger partial charge in [-0.05, 0) is 45.0 Å². The van der Waals surface area contributed by atoms with Crippen LogP contribution in [0, 0.1) is 0 Å². The molecule has 0 bridgehead atoms. The van der Waals surface area contributed by atoms with Crippen molar-refractivity contribution < 1.29 is 14.6 Å². The van der Waals surface area contributed by atoms with Crippen LogP contribution in [0.25, 0.3) is 0 Å². The number of ether oxygens (including phenoxy) is 2. The molecule has 0 spiro atoms. The quantitative estimate of drug-likeness (QED) is 0.795.